The van der Waals surface area contributed by atoms with E-state index in [0.29, 0.717) is 61.4 Å². The number of aromatic nitrogens is 2. The molecule has 0 fully saturated rings. The van der Waals surface area contributed by atoms with Crippen LogP contribution < -0.4 is 9.62 Å². The van der Waals surface area contributed by atoms with Crippen LogP contribution in [0, 0.1) is 13.8 Å². The predicted molar refractivity (Wildman–Crippen MR) is 160 cm³/mol. The zero-order valence-corrected chi connectivity index (χ0v) is 25.1. The molecule has 0 radical (unpaired) electrons. The number of nitrogens with zero attached hydrogens (tertiary/aromatic N) is 5. The largest absolute Gasteiger partial charge is 0.460 e. The maximum atomic E-state index is 12.7. The van der Waals surface area contributed by atoms with Gasteiger partial charge in [0.2, 0.25) is 0 Å². The number of ether oxygens (including phenoxy) is 3. The zero-order valence-electron chi connectivity index (χ0n) is 24.2. The Morgan fingerprint density at radius 2 is 1.48 bits per heavy atom. The molecule has 0 unspecified atom stereocenters. The molecule has 0 atom stereocenters. The minimum absolute atomic E-state index is 0.0841. The predicted octanol–water partition coefficient (Wildman–Crippen LogP) is 4.90. The van der Waals surface area contributed by atoms with Crippen molar-refractivity contribution in [3.8, 4) is 0 Å². The summed E-state index contributed by atoms with van der Waals surface area (Å²) in [5, 5.41) is 8.45. The van der Waals surface area contributed by atoms with Crippen molar-refractivity contribution in [2.24, 2.45) is 10.2 Å². The van der Waals surface area contributed by atoms with Crippen LogP contribution in [0.5, 0.6) is 0 Å². The number of aryl methyl sites for hydroxylation is 2. The molecule has 3 rings (SSSR count). The zero-order chi connectivity index (χ0) is 30.5. The molecular weight excluding hydrogens is 560 g/mol. The molecule has 0 aliphatic carbocycles. The Morgan fingerprint density at radius 1 is 0.905 bits per heavy atom. The Morgan fingerprint density at radius 3 is 2.07 bits per heavy atom. The molecule has 1 heterocycles. The van der Waals surface area contributed by atoms with Crippen molar-refractivity contribution in [1.29, 1.82) is 0 Å². The van der Waals surface area contributed by atoms with E-state index in [2.05, 4.69) is 36.4 Å². The summed E-state index contributed by atoms with van der Waals surface area (Å²) in [6.45, 7) is 11.1. The van der Waals surface area contributed by atoms with Gasteiger partial charge in [0.1, 0.15) is 18.2 Å². The number of rotatable bonds is 16. The lowest BCUT2D eigenvalue weighted by Crippen LogP contribution is -2.23. The van der Waals surface area contributed by atoms with Gasteiger partial charge in [0.15, 0.2) is 0 Å². The van der Waals surface area contributed by atoms with Gasteiger partial charge in [0.05, 0.1) is 42.7 Å². The highest BCUT2D eigenvalue weighted by Crippen LogP contribution is 2.23. The van der Waals surface area contributed by atoms with Crippen LogP contribution in [0.3, 0.4) is 0 Å². The van der Waals surface area contributed by atoms with Crippen LogP contribution in [0.1, 0.15) is 18.4 Å². The molecule has 0 aliphatic rings. The molecule has 0 amide bonds. The Balaban J connectivity index is 1.40. The average molecular weight is 597 g/mol. The van der Waals surface area contributed by atoms with Crippen molar-refractivity contribution in [2.75, 3.05) is 56.2 Å². The SMILES string of the molecule is C=C(C)C(=O)OCCOCCOCCN(C)c1ccc(N=Nc2ccc(S(=O)(=O)Nc3cc(C)nc(C)n3)cc2)cc1. The molecule has 224 valence electrons. The summed E-state index contributed by atoms with van der Waals surface area (Å²) in [5.41, 5.74) is 3.18. The molecule has 42 heavy (non-hydrogen) atoms. The number of carbonyl (C=O) groups is 1. The number of benzene rings is 2. The van der Waals surface area contributed by atoms with Crippen LogP contribution >= 0.6 is 0 Å². The first-order valence-corrected chi connectivity index (χ1v) is 14.7. The lowest BCUT2D eigenvalue weighted by molar-refractivity contribution is -0.140. The summed E-state index contributed by atoms with van der Waals surface area (Å²) in [6.07, 6.45) is 0. The van der Waals surface area contributed by atoms with Gasteiger partial charge in [-0.1, -0.05) is 6.58 Å². The first-order chi connectivity index (χ1) is 20.0. The number of nitrogens with one attached hydrogen (secondary N) is 1. The highest BCUT2D eigenvalue weighted by molar-refractivity contribution is 7.92. The maximum absolute atomic E-state index is 12.7. The summed E-state index contributed by atoms with van der Waals surface area (Å²) in [4.78, 5) is 21.7. The van der Waals surface area contributed by atoms with Gasteiger partial charge < -0.3 is 19.1 Å². The van der Waals surface area contributed by atoms with Crippen molar-refractivity contribution < 1.29 is 27.4 Å². The molecular formula is C29H36N6O6S. The van der Waals surface area contributed by atoms with Crippen LogP contribution in [-0.2, 0) is 29.0 Å². The first kappa shape index (κ1) is 32.3. The van der Waals surface area contributed by atoms with Crippen molar-refractivity contribution in [2.45, 2.75) is 25.7 Å². The minimum Gasteiger partial charge on any atom is -0.460 e. The van der Waals surface area contributed by atoms with Crippen LogP contribution in [0.2, 0.25) is 0 Å². The van der Waals surface area contributed by atoms with Crippen molar-refractivity contribution in [3.05, 3.63) is 78.3 Å². The fraction of sp³-hybridized carbons (Fsp3) is 0.345. The number of likely N-dealkylation sites (N-methyl/N-ethyl adjacent to an activating group) is 1. The second-order valence-electron chi connectivity index (χ2n) is 9.32. The van der Waals surface area contributed by atoms with Crippen LogP contribution in [0.25, 0.3) is 0 Å². The molecule has 1 N–H and O–H groups in total. The van der Waals surface area contributed by atoms with Crippen molar-refractivity contribution in [3.63, 3.8) is 0 Å². The average Bonchev–Trinajstić information content (AvgIpc) is 2.94. The topological polar surface area (TPSA) is 145 Å². The summed E-state index contributed by atoms with van der Waals surface area (Å²) in [5.74, 6) is 0.272. The van der Waals surface area contributed by atoms with Gasteiger partial charge in [-0.05, 0) is 69.3 Å². The normalized spacial score (nSPS) is 11.4. The molecule has 12 nitrogen and oxygen atoms in total. The van der Waals surface area contributed by atoms with E-state index in [-0.39, 0.29) is 17.3 Å². The van der Waals surface area contributed by atoms with E-state index in [0.717, 1.165) is 5.69 Å². The van der Waals surface area contributed by atoms with Crippen molar-refractivity contribution in [1.82, 2.24) is 9.97 Å². The lowest BCUT2D eigenvalue weighted by atomic mass is 10.2. The fourth-order valence-corrected chi connectivity index (χ4v) is 4.51. The van der Waals surface area contributed by atoms with Gasteiger partial charge in [-0.3, -0.25) is 4.72 Å². The van der Waals surface area contributed by atoms with E-state index < -0.39 is 16.0 Å². The van der Waals surface area contributed by atoms with E-state index >= 15 is 0 Å². The number of carbonyl (C=O) groups excluding carboxylic acids is 1. The quantitative estimate of drug-likeness (QED) is 0.106. The molecule has 0 bridgehead atoms. The second kappa shape index (κ2) is 15.7. The molecule has 0 saturated carbocycles. The third-order valence-corrected chi connectivity index (χ3v) is 7.05. The van der Waals surface area contributed by atoms with Gasteiger partial charge in [0.25, 0.3) is 10.0 Å². The molecule has 2 aromatic carbocycles. The van der Waals surface area contributed by atoms with Crippen LogP contribution in [-0.4, -0.2) is 71.0 Å². The molecule has 3 aromatic rings. The second-order valence-corrected chi connectivity index (χ2v) is 11.0. The summed E-state index contributed by atoms with van der Waals surface area (Å²) >= 11 is 0. The third-order valence-electron chi connectivity index (χ3n) is 5.68. The van der Waals surface area contributed by atoms with Gasteiger partial charge in [-0.2, -0.15) is 10.2 Å². The van der Waals surface area contributed by atoms with Gasteiger partial charge in [0, 0.05) is 36.6 Å². The Labute approximate surface area is 246 Å². The Kier molecular flexibility index (Phi) is 12.1. The molecule has 1 aromatic heterocycles. The van der Waals surface area contributed by atoms with Gasteiger partial charge >= 0.3 is 5.97 Å². The van der Waals surface area contributed by atoms with Gasteiger partial charge in [-0.15, -0.1) is 0 Å². The number of esters is 1. The summed E-state index contributed by atoms with van der Waals surface area (Å²) in [7, 11) is -1.85. The van der Waals surface area contributed by atoms with Crippen molar-refractivity contribution >= 4 is 38.9 Å². The highest BCUT2D eigenvalue weighted by atomic mass is 32.2. The fourth-order valence-electron chi connectivity index (χ4n) is 3.52. The Bertz CT molecular complexity index is 1460. The molecule has 0 saturated heterocycles. The number of hydrogen-bond acceptors (Lipinski definition) is 11. The minimum atomic E-state index is -3.81. The van der Waals surface area contributed by atoms with E-state index in [1.165, 1.54) is 12.1 Å². The summed E-state index contributed by atoms with van der Waals surface area (Å²) < 4.78 is 43.9. The molecule has 0 aliphatic heterocycles. The van der Waals surface area contributed by atoms with E-state index in [1.54, 1.807) is 39.0 Å². The van der Waals surface area contributed by atoms with E-state index in [4.69, 9.17) is 14.2 Å². The Hall–Kier alpha value is -4.20. The molecule has 13 heteroatoms. The van der Waals surface area contributed by atoms with E-state index in [9.17, 15) is 13.2 Å². The highest BCUT2D eigenvalue weighted by Gasteiger charge is 2.15. The van der Waals surface area contributed by atoms with Gasteiger partial charge in [-0.25, -0.2) is 23.2 Å². The maximum Gasteiger partial charge on any atom is 0.333 e. The number of anilines is 2. The number of hydrogen-bond donors (Lipinski definition) is 1. The smallest absolute Gasteiger partial charge is 0.333 e. The standard InChI is InChI=1S/C29H36N6O6S/c1-21(2)29(36)41-19-18-40-17-16-39-15-14-35(5)26-10-6-24(7-11-26)32-33-25-8-12-27(13-9-25)42(37,38)34-28-20-22(3)30-23(4)31-28/h6-13,20H,1,14-19H2,2-5H3,(H,30,31,34). The number of azo groups is 1. The first-order valence-electron chi connectivity index (χ1n) is 13.2. The van der Waals surface area contributed by atoms with Crippen LogP contribution in [0.15, 0.2) is 81.9 Å². The molecule has 0 spiro atoms. The van der Waals surface area contributed by atoms with Crippen LogP contribution in [0.4, 0.5) is 22.9 Å². The summed E-state index contributed by atoms with van der Waals surface area (Å²) in [6, 6.07) is 15.2. The third kappa shape index (κ3) is 10.7. The van der Waals surface area contributed by atoms with E-state index in [1.807, 2.05) is 31.3 Å². The monoisotopic (exact) mass is 596 g/mol. The number of sulfonamides is 1. The lowest BCUT2D eigenvalue weighted by Gasteiger charge is -2.19.